The molecule has 3 heteroatoms. The number of hydrogen-bond acceptors (Lipinski definition) is 1. The van der Waals surface area contributed by atoms with Crippen molar-refractivity contribution < 1.29 is 8.78 Å². The van der Waals surface area contributed by atoms with Crippen LogP contribution in [0.3, 0.4) is 0 Å². The van der Waals surface area contributed by atoms with Crippen LogP contribution in [0.5, 0.6) is 0 Å². The molecule has 1 nitrogen and oxygen atoms in total. The Kier molecular flexibility index (Phi) is 7.00. The molecule has 0 amide bonds. The molecule has 0 fully saturated rings. The molecule has 0 aliphatic carbocycles. The maximum Gasteiger partial charge on any atom is 0.129 e. The van der Waals surface area contributed by atoms with Gasteiger partial charge < -0.3 is 5.32 Å². The van der Waals surface area contributed by atoms with Gasteiger partial charge in [0.25, 0.3) is 0 Å². The van der Waals surface area contributed by atoms with E-state index in [0.29, 0.717) is 17.9 Å². The lowest BCUT2D eigenvalue weighted by Gasteiger charge is -2.26. The number of hydrogen-bond donors (Lipinski definition) is 1. The van der Waals surface area contributed by atoms with E-state index < -0.39 is 11.6 Å². The Labute approximate surface area is 115 Å². The largest absolute Gasteiger partial charge is 0.316 e. The van der Waals surface area contributed by atoms with Crippen LogP contribution in [0.2, 0.25) is 0 Å². The van der Waals surface area contributed by atoms with E-state index in [-0.39, 0.29) is 6.04 Å². The molecule has 1 aromatic carbocycles. The van der Waals surface area contributed by atoms with Gasteiger partial charge in [0, 0.05) is 12.1 Å². The van der Waals surface area contributed by atoms with Crippen LogP contribution in [0.1, 0.15) is 45.1 Å². The minimum atomic E-state index is -0.513. The average molecular weight is 269 g/mol. The SMILES string of the molecule is CCCC(CCC)C(Cc1ccc(F)cc1F)NC. The van der Waals surface area contributed by atoms with Gasteiger partial charge in [-0.15, -0.1) is 0 Å². The minimum Gasteiger partial charge on any atom is -0.316 e. The van der Waals surface area contributed by atoms with Gasteiger partial charge in [-0.2, -0.15) is 0 Å². The standard InChI is InChI=1S/C16H25F2N/c1-4-6-12(7-5-2)16(19-3)10-13-8-9-14(17)11-15(13)18/h8-9,11-12,16,19H,4-7,10H2,1-3H3. The lowest BCUT2D eigenvalue weighted by molar-refractivity contribution is 0.320. The van der Waals surface area contributed by atoms with Crippen molar-refractivity contribution in [1.82, 2.24) is 5.32 Å². The summed E-state index contributed by atoms with van der Waals surface area (Å²) < 4.78 is 26.6. The molecule has 1 atom stereocenters. The first-order valence-corrected chi connectivity index (χ1v) is 7.23. The van der Waals surface area contributed by atoms with E-state index in [1.165, 1.54) is 6.07 Å². The van der Waals surface area contributed by atoms with E-state index in [1.807, 2.05) is 7.05 Å². The molecular formula is C16H25F2N. The molecule has 1 aromatic rings. The van der Waals surface area contributed by atoms with E-state index in [4.69, 9.17) is 0 Å². The summed E-state index contributed by atoms with van der Waals surface area (Å²) in [6, 6.07) is 4.11. The Balaban J connectivity index is 2.78. The zero-order chi connectivity index (χ0) is 14.3. The highest BCUT2D eigenvalue weighted by atomic mass is 19.1. The predicted molar refractivity (Wildman–Crippen MR) is 76.2 cm³/mol. The maximum absolute atomic E-state index is 13.7. The molecule has 0 heterocycles. The molecule has 1 N–H and O–H groups in total. The summed E-state index contributed by atoms with van der Waals surface area (Å²) in [6.45, 7) is 4.35. The molecule has 1 rings (SSSR count). The van der Waals surface area contributed by atoms with Gasteiger partial charge in [-0.05, 0) is 43.9 Å². The number of nitrogens with one attached hydrogen (secondary N) is 1. The quantitative estimate of drug-likeness (QED) is 0.741. The van der Waals surface area contributed by atoms with Crippen LogP contribution in [0.15, 0.2) is 18.2 Å². The molecule has 0 bridgehead atoms. The smallest absolute Gasteiger partial charge is 0.129 e. The zero-order valence-electron chi connectivity index (χ0n) is 12.2. The predicted octanol–water partition coefficient (Wildman–Crippen LogP) is 4.31. The summed E-state index contributed by atoms with van der Waals surface area (Å²) in [7, 11) is 1.92. The normalized spacial score (nSPS) is 12.9. The monoisotopic (exact) mass is 269 g/mol. The summed E-state index contributed by atoms with van der Waals surface area (Å²) >= 11 is 0. The van der Waals surface area contributed by atoms with Gasteiger partial charge in [0.05, 0.1) is 0 Å². The van der Waals surface area contributed by atoms with Crippen molar-refractivity contribution in [2.75, 3.05) is 7.05 Å². The van der Waals surface area contributed by atoms with E-state index in [0.717, 1.165) is 31.7 Å². The first-order valence-electron chi connectivity index (χ1n) is 7.23. The molecule has 0 saturated heterocycles. The van der Waals surface area contributed by atoms with Gasteiger partial charge in [0.1, 0.15) is 11.6 Å². The van der Waals surface area contributed by atoms with Gasteiger partial charge >= 0.3 is 0 Å². The summed E-state index contributed by atoms with van der Waals surface area (Å²) in [6.07, 6.45) is 5.17. The number of benzene rings is 1. The van der Waals surface area contributed by atoms with Crippen LogP contribution in [0.4, 0.5) is 8.78 Å². The Morgan fingerprint density at radius 3 is 2.21 bits per heavy atom. The van der Waals surface area contributed by atoms with Crippen LogP contribution in [-0.4, -0.2) is 13.1 Å². The Morgan fingerprint density at radius 2 is 1.74 bits per heavy atom. The molecule has 0 aliphatic heterocycles. The molecule has 0 spiro atoms. The second-order valence-corrected chi connectivity index (χ2v) is 5.17. The summed E-state index contributed by atoms with van der Waals surface area (Å²) in [4.78, 5) is 0. The third-order valence-corrected chi connectivity index (χ3v) is 3.71. The molecule has 0 aromatic heterocycles. The molecule has 0 saturated carbocycles. The average Bonchev–Trinajstić information content (AvgIpc) is 2.38. The second-order valence-electron chi connectivity index (χ2n) is 5.17. The minimum absolute atomic E-state index is 0.250. The van der Waals surface area contributed by atoms with Gasteiger partial charge in [-0.25, -0.2) is 8.78 Å². The van der Waals surface area contributed by atoms with Gasteiger partial charge in [-0.1, -0.05) is 32.8 Å². The maximum atomic E-state index is 13.7. The van der Waals surface area contributed by atoms with Crippen molar-refractivity contribution in [3.8, 4) is 0 Å². The second kappa shape index (κ2) is 8.26. The highest BCUT2D eigenvalue weighted by molar-refractivity contribution is 5.19. The topological polar surface area (TPSA) is 12.0 Å². The molecular weight excluding hydrogens is 244 g/mol. The van der Waals surface area contributed by atoms with Crippen LogP contribution in [0.25, 0.3) is 0 Å². The number of halogens is 2. The highest BCUT2D eigenvalue weighted by Gasteiger charge is 2.20. The van der Waals surface area contributed by atoms with Crippen LogP contribution in [0, 0.1) is 17.6 Å². The first-order chi connectivity index (χ1) is 9.12. The van der Waals surface area contributed by atoms with E-state index in [2.05, 4.69) is 19.2 Å². The van der Waals surface area contributed by atoms with E-state index in [1.54, 1.807) is 6.07 Å². The lowest BCUT2D eigenvalue weighted by Crippen LogP contribution is -2.36. The Hall–Kier alpha value is -0.960. The zero-order valence-corrected chi connectivity index (χ0v) is 12.2. The number of likely N-dealkylation sites (N-methyl/N-ethyl adjacent to an activating group) is 1. The van der Waals surface area contributed by atoms with Gasteiger partial charge in [0.2, 0.25) is 0 Å². The molecule has 19 heavy (non-hydrogen) atoms. The van der Waals surface area contributed by atoms with Crippen molar-refractivity contribution in [2.45, 2.75) is 52.0 Å². The molecule has 108 valence electrons. The van der Waals surface area contributed by atoms with Crippen molar-refractivity contribution >= 4 is 0 Å². The molecule has 0 radical (unpaired) electrons. The fourth-order valence-electron chi connectivity index (χ4n) is 2.72. The summed E-state index contributed by atoms with van der Waals surface area (Å²) in [5, 5.41) is 3.30. The third-order valence-electron chi connectivity index (χ3n) is 3.71. The fraction of sp³-hybridized carbons (Fsp3) is 0.625. The lowest BCUT2D eigenvalue weighted by atomic mass is 9.86. The highest BCUT2D eigenvalue weighted by Crippen LogP contribution is 2.22. The van der Waals surface area contributed by atoms with Crippen molar-refractivity contribution in [2.24, 2.45) is 5.92 Å². The van der Waals surface area contributed by atoms with Gasteiger partial charge in [0.15, 0.2) is 0 Å². The fourth-order valence-corrected chi connectivity index (χ4v) is 2.72. The number of rotatable bonds is 8. The van der Waals surface area contributed by atoms with Gasteiger partial charge in [-0.3, -0.25) is 0 Å². The Morgan fingerprint density at radius 1 is 1.11 bits per heavy atom. The van der Waals surface area contributed by atoms with Crippen molar-refractivity contribution in [1.29, 1.82) is 0 Å². The van der Waals surface area contributed by atoms with Crippen molar-refractivity contribution in [3.05, 3.63) is 35.4 Å². The van der Waals surface area contributed by atoms with Crippen LogP contribution in [-0.2, 0) is 6.42 Å². The van der Waals surface area contributed by atoms with E-state index in [9.17, 15) is 8.78 Å². The van der Waals surface area contributed by atoms with E-state index >= 15 is 0 Å². The van der Waals surface area contributed by atoms with Crippen LogP contribution < -0.4 is 5.32 Å². The molecule has 0 aliphatic rings. The first kappa shape index (κ1) is 16.1. The third kappa shape index (κ3) is 4.90. The summed E-state index contributed by atoms with van der Waals surface area (Å²) in [5.74, 6) is -0.405. The van der Waals surface area contributed by atoms with Crippen molar-refractivity contribution in [3.63, 3.8) is 0 Å². The molecule has 1 unspecified atom stereocenters. The van der Waals surface area contributed by atoms with Crippen LogP contribution >= 0.6 is 0 Å². The summed E-state index contributed by atoms with van der Waals surface area (Å²) in [5.41, 5.74) is 0.595. The Bertz CT molecular complexity index is 373.